The molecule has 0 saturated carbocycles. The van der Waals surface area contributed by atoms with E-state index < -0.39 is 22.3 Å². The fourth-order valence-corrected chi connectivity index (χ4v) is 2.61. The first-order valence-corrected chi connectivity index (χ1v) is 6.85. The van der Waals surface area contributed by atoms with Crippen molar-refractivity contribution in [3.63, 3.8) is 0 Å². The Hall–Kier alpha value is -1.20. The second-order valence-corrected chi connectivity index (χ2v) is 5.40. The monoisotopic (exact) mass is 364 g/mol. The zero-order valence-corrected chi connectivity index (χ0v) is 12.6. The van der Waals surface area contributed by atoms with Gasteiger partial charge in [0, 0.05) is 10.6 Å². The van der Waals surface area contributed by atoms with Gasteiger partial charge in [0.1, 0.15) is 5.75 Å². The summed E-state index contributed by atoms with van der Waals surface area (Å²) in [5.74, 6) is -3.48. The molecule has 0 aromatic heterocycles. The maximum atomic E-state index is 13.3. The van der Waals surface area contributed by atoms with E-state index in [2.05, 4.69) is 15.9 Å². The molecule has 0 N–H and O–H groups in total. The zero-order valence-electron chi connectivity index (χ0n) is 10.3. The molecule has 0 heterocycles. The summed E-state index contributed by atoms with van der Waals surface area (Å²) in [6.45, 7) is 0. The molecule has 2 aromatic carbocycles. The number of halogens is 5. The molecule has 0 aliphatic heterocycles. The van der Waals surface area contributed by atoms with Gasteiger partial charge in [0.15, 0.2) is 17.5 Å². The van der Waals surface area contributed by atoms with Crippen molar-refractivity contribution in [2.75, 3.05) is 7.11 Å². The van der Waals surface area contributed by atoms with Crippen LogP contribution >= 0.6 is 27.5 Å². The lowest BCUT2D eigenvalue weighted by Crippen LogP contribution is -2.00. The van der Waals surface area contributed by atoms with Crippen LogP contribution in [-0.4, -0.2) is 7.11 Å². The second-order valence-electron chi connectivity index (χ2n) is 4.05. The summed E-state index contributed by atoms with van der Waals surface area (Å²) in [6, 6.07) is 6.74. The maximum absolute atomic E-state index is 13.3. The van der Waals surface area contributed by atoms with E-state index in [-0.39, 0.29) is 5.56 Å². The van der Waals surface area contributed by atoms with Crippen LogP contribution in [0.15, 0.2) is 30.3 Å². The van der Waals surface area contributed by atoms with E-state index in [0.29, 0.717) is 16.3 Å². The first kappa shape index (κ1) is 15.2. The lowest BCUT2D eigenvalue weighted by atomic mass is 10.0. The molecule has 0 bridgehead atoms. The summed E-state index contributed by atoms with van der Waals surface area (Å²) in [4.78, 5) is -0.583. The predicted octanol–water partition coefficient (Wildman–Crippen LogP) is 5.25. The van der Waals surface area contributed by atoms with Gasteiger partial charge in [-0.15, -0.1) is 0 Å². The molecule has 6 heteroatoms. The van der Waals surface area contributed by atoms with Gasteiger partial charge in [-0.25, -0.2) is 13.2 Å². The Morgan fingerprint density at radius 2 is 1.70 bits per heavy atom. The standard InChI is InChI=1S/C14H9BrClF3O/c1-20-12-3-2-8(16)6-9(12)13(15)7-4-10(17)14(19)11(18)5-7/h2-6,13H,1H3. The predicted molar refractivity (Wildman–Crippen MR) is 75.1 cm³/mol. The third-order valence-electron chi connectivity index (χ3n) is 2.76. The minimum atomic E-state index is -1.49. The molecule has 0 aliphatic rings. The smallest absolute Gasteiger partial charge is 0.194 e. The molecule has 0 spiro atoms. The van der Waals surface area contributed by atoms with Crippen molar-refractivity contribution in [3.05, 3.63) is 63.9 Å². The molecule has 106 valence electrons. The van der Waals surface area contributed by atoms with Gasteiger partial charge in [-0.1, -0.05) is 27.5 Å². The Balaban J connectivity index is 2.51. The molecule has 0 amide bonds. The van der Waals surface area contributed by atoms with Gasteiger partial charge >= 0.3 is 0 Å². The quantitative estimate of drug-likeness (QED) is 0.533. The van der Waals surface area contributed by atoms with Crippen LogP contribution in [0.25, 0.3) is 0 Å². The lowest BCUT2D eigenvalue weighted by Gasteiger charge is -2.15. The Bertz CT molecular complexity index is 625. The summed E-state index contributed by atoms with van der Waals surface area (Å²) in [5, 5.41) is 0.452. The van der Waals surface area contributed by atoms with Gasteiger partial charge in [-0.3, -0.25) is 0 Å². The van der Waals surface area contributed by atoms with Crippen molar-refractivity contribution in [2.24, 2.45) is 0 Å². The van der Waals surface area contributed by atoms with Gasteiger partial charge in [-0.2, -0.15) is 0 Å². The van der Waals surface area contributed by atoms with Crippen LogP contribution in [0.5, 0.6) is 5.75 Å². The molecule has 0 saturated heterocycles. The fraction of sp³-hybridized carbons (Fsp3) is 0.143. The van der Waals surface area contributed by atoms with Crippen LogP contribution in [0.1, 0.15) is 16.0 Å². The van der Waals surface area contributed by atoms with Crippen molar-refractivity contribution < 1.29 is 17.9 Å². The van der Waals surface area contributed by atoms with E-state index in [1.54, 1.807) is 18.2 Å². The fourth-order valence-electron chi connectivity index (χ4n) is 1.80. The minimum Gasteiger partial charge on any atom is -0.496 e. The minimum absolute atomic E-state index is 0.224. The lowest BCUT2D eigenvalue weighted by molar-refractivity contribution is 0.410. The molecule has 0 fully saturated rings. The SMILES string of the molecule is COc1ccc(Cl)cc1C(Br)c1cc(F)c(F)c(F)c1. The molecule has 0 radical (unpaired) electrons. The highest BCUT2D eigenvalue weighted by molar-refractivity contribution is 9.09. The van der Waals surface area contributed by atoms with Gasteiger partial charge in [-0.05, 0) is 35.9 Å². The molecule has 20 heavy (non-hydrogen) atoms. The first-order valence-electron chi connectivity index (χ1n) is 5.56. The van der Waals surface area contributed by atoms with E-state index in [1.807, 2.05) is 0 Å². The number of alkyl halides is 1. The number of ether oxygens (including phenoxy) is 1. The number of methoxy groups -OCH3 is 1. The third-order valence-corrected chi connectivity index (χ3v) is 4.02. The summed E-state index contributed by atoms with van der Waals surface area (Å²) in [7, 11) is 1.47. The molecular weight excluding hydrogens is 357 g/mol. The van der Waals surface area contributed by atoms with Crippen molar-refractivity contribution in [1.82, 2.24) is 0 Å². The van der Waals surface area contributed by atoms with E-state index in [9.17, 15) is 13.2 Å². The first-order chi connectivity index (χ1) is 9.43. The van der Waals surface area contributed by atoms with Crippen LogP contribution in [0.2, 0.25) is 5.02 Å². The summed E-state index contributed by atoms with van der Waals surface area (Å²) >= 11 is 9.23. The Morgan fingerprint density at radius 1 is 1.10 bits per heavy atom. The van der Waals surface area contributed by atoms with Crippen LogP contribution in [0.4, 0.5) is 13.2 Å². The Kier molecular flexibility index (Phi) is 4.60. The molecule has 2 aromatic rings. The van der Waals surface area contributed by atoms with Crippen LogP contribution in [0.3, 0.4) is 0 Å². The van der Waals surface area contributed by atoms with Crippen molar-refractivity contribution in [1.29, 1.82) is 0 Å². The van der Waals surface area contributed by atoms with Gasteiger partial charge < -0.3 is 4.74 Å². The molecule has 1 unspecified atom stereocenters. The highest BCUT2D eigenvalue weighted by atomic mass is 79.9. The average molecular weight is 366 g/mol. The van der Waals surface area contributed by atoms with Crippen LogP contribution in [0, 0.1) is 17.5 Å². The van der Waals surface area contributed by atoms with Gasteiger partial charge in [0.25, 0.3) is 0 Å². The van der Waals surface area contributed by atoms with E-state index in [1.165, 1.54) is 7.11 Å². The van der Waals surface area contributed by atoms with E-state index in [0.717, 1.165) is 12.1 Å². The number of benzene rings is 2. The Labute approximate surface area is 127 Å². The maximum Gasteiger partial charge on any atom is 0.194 e. The summed E-state index contributed by atoms with van der Waals surface area (Å²) < 4.78 is 44.7. The topological polar surface area (TPSA) is 9.23 Å². The molecule has 1 nitrogen and oxygen atoms in total. The number of hydrogen-bond acceptors (Lipinski definition) is 1. The molecule has 1 atom stereocenters. The van der Waals surface area contributed by atoms with Gasteiger partial charge in [0.2, 0.25) is 0 Å². The van der Waals surface area contributed by atoms with E-state index in [4.69, 9.17) is 16.3 Å². The van der Waals surface area contributed by atoms with Crippen molar-refractivity contribution in [3.8, 4) is 5.75 Å². The molecule has 2 rings (SSSR count). The normalized spacial score (nSPS) is 12.3. The highest BCUT2D eigenvalue weighted by Crippen LogP contribution is 2.38. The highest BCUT2D eigenvalue weighted by Gasteiger charge is 2.20. The summed E-state index contributed by atoms with van der Waals surface area (Å²) in [6.07, 6.45) is 0. The van der Waals surface area contributed by atoms with Crippen molar-refractivity contribution >= 4 is 27.5 Å². The van der Waals surface area contributed by atoms with Gasteiger partial charge in [0.05, 0.1) is 11.9 Å². The Morgan fingerprint density at radius 3 is 2.25 bits per heavy atom. The molecular formula is C14H9BrClF3O. The molecule has 0 aliphatic carbocycles. The van der Waals surface area contributed by atoms with Crippen LogP contribution in [-0.2, 0) is 0 Å². The second kappa shape index (κ2) is 6.06. The zero-order chi connectivity index (χ0) is 14.9. The van der Waals surface area contributed by atoms with Crippen LogP contribution < -0.4 is 4.74 Å². The number of rotatable bonds is 3. The number of hydrogen-bond donors (Lipinski definition) is 0. The average Bonchev–Trinajstić information content (AvgIpc) is 2.43. The largest absolute Gasteiger partial charge is 0.496 e. The third kappa shape index (κ3) is 2.94. The van der Waals surface area contributed by atoms with Crippen molar-refractivity contribution in [2.45, 2.75) is 4.83 Å². The summed E-state index contributed by atoms with van der Waals surface area (Å²) in [5.41, 5.74) is 0.812. The van der Waals surface area contributed by atoms with E-state index >= 15 is 0 Å².